The van der Waals surface area contributed by atoms with Crippen molar-refractivity contribution >= 4 is 15.9 Å². The molecular formula is C11H21N5O5S. The Balaban J connectivity index is 2.93. The molecule has 10 nitrogen and oxygen atoms in total. The molecule has 1 unspecified atom stereocenters. The lowest BCUT2D eigenvalue weighted by atomic mass is 10.2. The summed E-state index contributed by atoms with van der Waals surface area (Å²) in [6.45, 7) is 1.46. The molecular weight excluding hydrogens is 314 g/mol. The minimum Gasteiger partial charge on any atom is -0.394 e. The molecule has 1 amide bonds. The lowest BCUT2D eigenvalue weighted by Crippen LogP contribution is -2.33. The number of nitrogens with one attached hydrogen (secondary N) is 1. The van der Waals surface area contributed by atoms with Crippen molar-refractivity contribution in [3.8, 4) is 0 Å². The Morgan fingerprint density at radius 3 is 2.73 bits per heavy atom. The van der Waals surface area contributed by atoms with Gasteiger partial charge < -0.3 is 21.1 Å². The van der Waals surface area contributed by atoms with E-state index >= 15 is 0 Å². The van der Waals surface area contributed by atoms with E-state index in [9.17, 15) is 13.2 Å². The van der Waals surface area contributed by atoms with Gasteiger partial charge in [-0.1, -0.05) is 18.5 Å². The average Bonchev–Trinajstić information content (AvgIpc) is 2.92. The summed E-state index contributed by atoms with van der Waals surface area (Å²) in [4.78, 5) is 15.0. The van der Waals surface area contributed by atoms with Gasteiger partial charge in [0.15, 0.2) is 5.82 Å². The van der Waals surface area contributed by atoms with E-state index in [1.54, 1.807) is 0 Å². The van der Waals surface area contributed by atoms with Gasteiger partial charge in [0, 0.05) is 0 Å². The Morgan fingerprint density at radius 2 is 2.18 bits per heavy atom. The lowest BCUT2D eigenvalue weighted by molar-refractivity contribution is -0.118. The molecule has 1 aromatic rings. The summed E-state index contributed by atoms with van der Waals surface area (Å²) in [6, 6.07) is -1.92. The van der Waals surface area contributed by atoms with E-state index in [0.29, 0.717) is 12.8 Å². The first-order valence-corrected chi connectivity index (χ1v) is 8.42. The predicted octanol–water partition coefficient (Wildman–Crippen LogP) is -1.30. The molecule has 22 heavy (non-hydrogen) atoms. The molecule has 0 bridgehead atoms. The number of rotatable bonds is 10. The van der Waals surface area contributed by atoms with Gasteiger partial charge in [-0.05, 0) is 6.42 Å². The van der Waals surface area contributed by atoms with Crippen LogP contribution in [0.4, 0.5) is 0 Å². The third-order valence-corrected chi connectivity index (χ3v) is 4.25. The number of carbonyl (C=O) groups is 1. The summed E-state index contributed by atoms with van der Waals surface area (Å²) in [5.41, 5.74) is 10.7. The standard InChI is InChI=1S/C11H21N5O5S/c1-2-3-4-22(19,20)16-8(5-9(13)18)11-14-10(15-21-11)7(12)6-17/h7-8,16-17H,2-6,12H2,1H3,(H2,13,18)/t7-,8?/m0/s1. The Labute approximate surface area is 128 Å². The number of nitrogens with two attached hydrogens (primary N) is 2. The molecule has 1 aromatic heterocycles. The zero-order valence-electron chi connectivity index (χ0n) is 12.2. The largest absolute Gasteiger partial charge is 0.394 e. The number of aliphatic hydroxyl groups is 1. The van der Waals surface area contributed by atoms with E-state index in [1.807, 2.05) is 6.92 Å². The van der Waals surface area contributed by atoms with E-state index in [2.05, 4.69) is 14.9 Å². The molecule has 0 aliphatic heterocycles. The van der Waals surface area contributed by atoms with E-state index in [1.165, 1.54) is 0 Å². The van der Waals surface area contributed by atoms with Crippen molar-refractivity contribution in [1.82, 2.24) is 14.9 Å². The summed E-state index contributed by atoms with van der Waals surface area (Å²) in [5, 5.41) is 12.5. The smallest absolute Gasteiger partial charge is 0.245 e. The van der Waals surface area contributed by atoms with Crippen molar-refractivity contribution in [3.63, 3.8) is 0 Å². The second-order valence-corrected chi connectivity index (χ2v) is 6.67. The first-order chi connectivity index (χ1) is 10.3. The van der Waals surface area contributed by atoms with Crippen LogP contribution in [0.2, 0.25) is 0 Å². The zero-order valence-corrected chi connectivity index (χ0v) is 13.0. The number of nitrogens with zero attached hydrogens (tertiary/aromatic N) is 2. The predicted molar refractivity (Wildman–Crippen MR) is 76.7 cm³/mol. The minimum absolute atomic E-state index is 0.0136. The Bertz CT molecular complexity index is 587. The van der Waals surface area contributed by atoms with Crippen LogP contribution in [0.1, 0.15) is 50.0 Å². The number of aromatic nitrogens is 2. The third-order valence-electron chi connectivity index (χ3n) is 2.78. The van der Waals surface area contributed by atoms with Gasteiger partial charge in [-0.25, -0.2) is 13.1 Å². The van der Waals surface area contributed by atoms with Gasteiger partial charge in [-0.3, -0.25) is 4.79 Å². The maximum atomic E-state index is 11.9. The van der Waals surface area contributed by atoms with E-state index in [-0.39, 0.29) is 23.9 Å². The van der Waals surface area contributed by atoms with E-state index in [0.717, 1.165) is 0 Å². The lowest BCUT2D eigenvalue weighted by Gasteiger charge is -2.13. The van der Waals surface area contributed by atoms with Crippen LogP contribution in [-0.2, 0) is 14.8 Å². The molecule has 0 aliphatic carbocycles. The SMILES string of the molecule is CCCCS(=O)(=O)NC(CC(N)=O)c1nc([C@@H](N)CO)no1. The number of amides is 1. The number of aliphatic hydroxyl groups excluding tert-OH is 1. The summed E-state index contributed by atoms with van der Waals surface area (Å²) < 4.78 is 31.1. The van der Waals surface area contributed by atoms with Gasteiger partial charge in [-0.15, -0.1) is 0 Å². The molecule has 0 saturated heterocycles. The molecule has 6 N–H and O–H groups in total. The van der Waals surface area contributed by atoms with Crippen molar-refractivity contribution < 1.29 is 22.8 Å². The van der Waals surface area contributed by atoms with Crippen LogP contribution in [-0.4, -0.2) is 41.9 Å². The Kier molecular flexibility index (Phi) is 6.87. The molecule has 2 atom stereocenters. The van der Waals surface area contributed by atoms with Crippen molar-refractivity contribution in [2.75, 3.05) is 12.4 Å². The first-order valence-electron chi connectivity index (χ1n) is 6.77. The normalized spacial score (nSPS) is 14.7. The molecule has 0 saturated carbocycles. The molecule has 126 valence electrons. The number of unbranched alkanes of at least 4 members (excludes halogenated alkanes) is 1. The van der Waals surface area contributed by atoms with Crippen LogP contribution in [0.5, 0.6) is 0 Å². The highest BCUT2D eigenvalue weighted by atomic mass is 32.2. The van der Waals surface area contributed by atoms with E-state index in [4.69, 9.17) is 21.1 Å². The highest BCUT2D eigenvalue weighted by Gasteiger charge is 2.27. The second kappa shape index (κ2) is 8.17. The molecule has 0 aromatic carbocycles. The van der Waals surface area contributed by atoms with Crippen LogP contribution >= 0.6 is 0 Å². The number of hydrogen-bond acceptors (Lipinski definition) is 8. The van der Waals surface area contributed by atoms with Gasteiger partial charge in [0.2, 0.25) is 21.8 Å². The number of hydrogen-bond donors (Lipinski definition) is 4. The molecule has 1 rings (SSSR count). The number of primary amides is 1. The maximum absolute atomic E-state index is 11.9. The van der Waals surface area contributed by atoms with Crippen LogP contribution in [0.25, 0.3) is 0 Å². The molecule has 0 radical (unpaired) electrons. The van der Waals surface area contributed by atoms with Crippen molar-refractivity contribution in [1.29, 1.82) is 0 Å². The van der Waals surface area contributed by atoms with Gasteiger partial charge in [0.05, 0.1) is 24.8 Å². The van der Waals surface area contributed by atoms with Crippen molar-refractivity contribution in [2.24, 2.45) is 11.5 Å². The van der Waals surface area contributed by atoms with Crippen LogP contribution in [0.15, 0.2) is 4.52 Å². The molecule has 1 heterocycles. The van der Waals surface area contributed by atoms with Gasteiger partial charge in [-0.2, -0.15) is 4.98 Å². The summed E-state index contributed by atoms with van der Waals surface area (Å²) in [5.74, 6) is -0.928. The highest BCUT2D eigenvalue weighted by Crippen LogP contribution is 2.18. The molecule has 11 heteroatoms. The Morgan fingerprint density at radius 1 is 1.50 bits per heavy atom. The quantitative estimate of drug-likeness (QED) is 0.408. The van der Waals surface area contributed by atoms with Gasteiger partial charge >= 0.3 is 0 Å². The fourth-order valence-corrected chi connectivity index (χ4v) is 3.02. The number of carbonyl (C=O) groups excluding carboxylic acids is 1. The summed E-state index contributed by atoms with van der Waals surface area (Å²) >= 11 is 0. The zero-order chi connectivity index (χ0) is 16.8. The second-order valence-electron chi connectivity index (χ2n) is 4.79. The highest BCUT2D eigenvalue weighted by molar-refractivity contribution is 7.89. The molecule has 0 spiro atoms. The minimum atomic E-state index is -3.62. The van der Waals surface area contributed by atoms with Gasteiger partial charge in [0.1, 0.15) is 6.04 Å². The van der Waals surface area contributed by atoms with Crippen LogP contribution < -0.4 is 16.2 Å². The summed E-state index contributed by atoms with van der Waals surface area (Å²) in [6.07, 6.45) is 0.849. The van der Waals surface area contributed by atoms with Crippen LogP contribution in [0, 0.1) is 0 Å². The monoisotopic (exact) mass is 335 g/mol. The molecule has 0 aliphatic rings. The Hall–Kier alpha value is -1.56. The van der Waals surface area contributed by atoms with Gasteiger partial charge in [0.25, 0.3) is 0 Å². The topological polar surface area (TPSA) is 174 Å². The molecule has 0 fully saturated rings. The fourth-order valence-electron chi connectivity index (χ4n) is 1.61. The average molecular weight is 335 g/mol. The van der Waals surface area contributed by atoms with E-state index < -0.39 is 34.6 Å². The van der Waals surface area contributed by atoms with Crippen LogP contribution in [0.3, 0.4) is 0 Å². The van der Waals surface area contributed by atoms with Crippen molar-refractivity contribution in [2.45, 2.75) is 38.3 Å². The maximum Gasteiger partial charge on any atom is 0.245 e. The third kappa shape index (κ3) is 5.67. The fraction of sp³-hybridized carbons (Fsp3) is 0.727. The van der Waals surface area contributed by atoms with Crippen molar-refractivity contribution in [3.05, 3.63) is 11.7 Å². The number of sulfonamides is 1. The first kappa shape index (κ1) is 18.5. The summed E-state index contributed by atoms with van der Waals surface area (Å²) in [7, 11) is -3.62.